The zero-order valence-electron chi connectivity index (χ0n) is 10.6. The fraction of sp³-hybridized carbons (Fsp3) is 0.538. The van der Waals surface area contributed by atoms with Crippen molar-refractivity contribution in [3.05, 3.63) is 22.2 Å². The Morgan fingerprint density at radius 2 is 2.06 bits per heavy atom. The van der Waals surface area contributed by atoms with Crippen molar-refractivity contribution in [2.75, 3.05) is 13.7 Å². The predicted molar refractivity (Wildman–Crippen MR) is 73.5 cm³/mol. The topological polar surface area (TPSA) is 44.5 Å². The molecule has 96 valence electrons. The van der Waals surface area contributed by atoms with Crippen molar-refractivity contribution in [3.8, 4) is 11.5 Å². The summed E-state index contributed by atoms with van der Waals surface area (Å²) >= 11 is 3.49. The molecule has 0 bridgehead atoms. The molecule has 0 aliphatic rings. The summed E-state index contributed by atoms with van der Waals surface area (Å²) in [6, 6.07) is 3.88. The summed E-state index contributed by atoms with van der Waals surface area (Å²) < 4.78 is 12.0. The van der Waals surface area contributed by atoms with E-state index in [0.29, 0.717) is 19.1 Å². The van der Waals surface area contributed by atoms with Crippen LogP contribution in [0.3, 0.4) is 0 Å². The van der Waals surface area contributed by atoms with Crippen LogP contribution in [0.15, 0.2) is 16.6 Å². The Hall–Kier alpha value is -0.740. The molecule has 0 saturated heterocycles. The van der Waals surface area contributed by atoms with E-state index in [0.717, 1.165) is 28.0 Å². The third-order valence-electron chi connectivity index (χ3n) is 2.47. The van der Waals surface area contributed by atoms with Crippen molar-refractivity contribution in [1.82, 2.24) is 0 Å². The average molecular weight is 302 g/mol. The van der Waals surface area contributed by atoms with Gasteiger partial charge in [-0.3, -0.25) is 0 Å². The maximum absolute atomic E-state index is 5.76. The van der Waals surface area contributed by atoms with E-state index in [9.17, 15) is 0 Å². The summed E-state index contributed by atoms with van der Waals surface area (Å²) in [5, 5.41) is 0. The van der Waals surface area contributed by atoms with Gasteiger partial charge in [0.2, 0.25) is 0 Å². The molecule has 4 heteroatoms. The van der Waals surface area contributed by atoms with Gasteiger partial charge in [-0.05, 0) is 46.0 Å². The van der Waals surface area contributed by atoms with Gasteiger partial charge in [-0.25, -0.2) is 0 Å². The molecule has 0 aliphatic heterocycles. The zero-order valence-corrected chi connectivity index (χ0v) is 12.2. The molecule has 0 saturated carbocycles. The Bertz CT molecular complexity index is 367. The number of ether oxygens (including phenoxy) is 2. The van der Waals surface area contributed by atoms with Crippen molar-refractivity contribution in [2.45, 2.75) is 26.8 Å². The van der Waals surface area contributed by atoms with E-state index in [4.69, 9.17) is 15.2 Å². The van der Waals surface area contributed by atoms with Crippen molar-refractivity contribution >= 4 is 15.9 Å². The first-order chi connectivity index (χ1) is 8.08. The molecule has 17 heavy (non-hydrogen) atoms. The fourth-order valence-electron chi connectivity index (χ4n) is 1.43. The molecule has 0 spiro atoms. The monoisotopic (exact) mass is 301 g/mol. The van der Waals surface area contributed by atoms with Crippen LogP contribution in [0.1, 0.15) is 25.8 Å². The van der Waals surface area contributed by atoms with Crippen LogP contribution in [0.4, 0.5) is 0 Å². The van der Waals surface area contributed by atoms with Crippen LogP contribution in [-0.2, 0) is 6.54 Å². The molecular weight excluding hydrogens is 282 g/mol. The van der Waals surface area contributed by atoms with E-state index in [-0.39, 0.29) is 0 Å². The Morgan fingerprint density at radius 3 is 2.59 bits per heavy atom. The molecule has 1 rings (SSSR count). The van der Waals surface area contributed by atoms with E-state index in [1.807, 2.05) is 12.1 Å². The van der Waals surface area contributed by atoms with Gasteiger partial charge in [0.1, 0.15) is 0 Å². The van der Waals surface area contributed by atoms with Gasteiger partial charge in [0.05, 0.1) is 18.2 Å². The molecule has 0 aromatic heterocycles. The number of benzene rings is 1. The minimum atomic E-state index is 0.487. The van der Waals surface area contributed by atoms with Gasteiger partial charge in [-0.15, -0.1) is 0 Å². The molecule has 0 unspecified atom stereocenters. The lowest BCUT2D eigenvalue weighted by molar-refractivity contribution is 0.271. The van der Waals surface area contributed by atoms with Crippen molar-refractivity contribution in [1.29, 1.82) is 0 Å². The van der Waals surface area contributed by atoms with E-state index in [2.05, 4.69) is 29.8 Å². The lowest BCUT2D eigenvalue weighted by atomic mass is 10.1. The van der Waals surface area contributed by atoms with E-state index in [1.54, 1.807) is 7.11 Å². The van der Waals surface area contributed by atoms with Crippen molar-refractivity contribution in [3.63, 3.8) is 0 Å². The van der Waals surface area contributed by atoms with E-state index < -0.39 is 0 Å². The zero-order chi connectivity index (χ0) is 12.8. The minimum absolute atomic E-state index is 0.487. The second-order valence-electron chi connectivity index (χ2n) is 4.34. The molecular formula is C13H20BrNO2. The number of nitrogens with two attached hydrogens (primary N) is 1. The Morgan fingerprint density at radius 1 is 1.35 bits per heavy atom. The summed E-state index contributed by atoms with van der Waals surface area (Å²) in [5.41, 5.74) is 6.63. The first-order valence-electron chi connectivity index (χ1n) is 5.77. The Kier molecular flexibility index (Phi) is 5.78. The Balaban J connectivity index is 2.82. The summed E-state index contributed by atoms with van der Waals surface area (Å²) in [4.78, 5) is 0. The van der Waals surface area contributed by atoms with Gasteiger partial charge in [0.15, 0.2) is 11.5 Å². The molecule has 0 heterocycles. The van der Waals surface area contributed by atoms with Gasteiger partial charge < -0.3 is 15.2 Å². The molecule has 3 nitrogen and oxygen atoms in total. The molecule has 0 amide bonds. The maximum atomic E-state index is 5.76. The van der Waals surface area contributed by atoms with Crippen molar-refractivity contribution < 1.29 is 9.47 Å². The second kappa shape index (κ2) is 6.87. The van der Waals surface area contributed by atoms with Gasteiger partial charge in [-0.1, -0.05) is 13.8 Å². The number of halogens is 1. The summed E-state index contributed by atoms with van der Waals surface area (Å²) in [5.74, 6) is 2.11. The molecule has 0 fully saturated rings. The van der Waals surface area contributed by atoms with Crippen LogP contribution in [-0.4, -0.2) is 13.7 Å². The molecule has 0 radical (unpaired) electrons. The summed E-state index contributed by atoms with van der Waals surface area (Å²) in [6.45, 7) is 5.52. The standard InChI is InChI=1S/C13H20BrNO2/c1-9(2)4-5-17-13-11(14)6-10(8-15)7-12(13)16-3/h6-7,9H,4-5,8,15H2,1-3H3. The first-order valence-corrected chi connectivity index (χ1v) is 6.57. The average Bonchev–Trinajstić information content (AvgIpc) is 2.30. The van der Waals surface area contributed by atoms with Gasteiger partial charge in [0.25, 0.3) is 0 Å². The molecule has 2 N–H and O–H groups in total. The number of hydrogen-bond donors (Lipinski definition) is 1. The van der Waals surface area contributed by atoms with Crippen LogP contribution in [0, 0.1) is 5.92 Å². The molecule has 1 aromatic carbocycles. The maximum Gasteiger partial charge on any atom is 0.175 e. The Labute approximate surface area is 111 Å². The third-order valence-corrected chi connectivity index (χ3v) is 3.06. The number of methoxy groups -OCH3 is 1. The smallest absolute Gasteiger partial charge is 0.175 e. The molecule has 0 aliphatic carbocycles. The third kappa shape index (κ3) is 4.21. The molecule has 0 atom stereocenters. The van der Waals surface area contributed by atoms with E-state index in [1.165, 1.54) is 0 Å². The molecule has 1 aromatic rings. The van der Waals surface area contributed by atoms with Gasteiger partial charge in [0, 0.05) is 6.54 Å². The van der Waals surface area contributed by atoms with Crippen LogP contribution in [0.5, 0.6) is 11.5 Å². The quantitative estimate of drug-likeness (QED) is 0.876. The van der Waals surface area contributed by atoms with Gasteiger partial charge >= 0.3 is 0 Å². The minimum Gasteiger partial charge on any atom is -0.493 e. The summed E-state index contributed by atoms with van der Waals surface area (Å²) in [6.07, 6.45) is 1.02. The number of rotatable bonds is 6. The first kappa shape index (κ1) is 14.3. The highest BCUT2D eigenvalue weighted by Gasteiger charge is 2.11. The largest absolute Gasteiger partial charge is 0.493 e. The lowest BCUT2D eigenvalue weighted by Crippen LogP contribution is -2.04. The highest BCUT2D eigenvalue weighted by atomic mass is 79.9. The highest BCUT2D eigenvalue weighted by Crippen LogP contribution is 2.36. The fourth-order valence-corrected chi connectivity index (χ4v) is 2.03. The summed E-state index contributed by atoms with van der Waals surface area (Å²) in [7, 11) is 1.64. The van der Waals surface area contributed by atoms with Crippen LogP contribution >= 0.6 is 15.9 Å². The number of hydrogen-bond acceptors (Lipinski definition) is 3. The SMILES string of the molecule is COc1cc(CN)cc(Br)c1OCCC(C)C. The predicted octanol–water partition coefficient (Wildman–Crippen LogP) is 3.34. The van der Waals surface area contributed by atoms with Gasteiger partial charge in [-0.2, -0.15) is 0 Å². The normalized spacial score (nSPS) is 10.7. The highest BCUT2D eigenvalue weighted by molar-refractivity contribution is 9.10. The van der Waals surface area contributed by atoms with Crippen LogP contribution in [0.25, 0.3) is 0 Å². The second-order valence-corrected chi connectivity index (χ2v) is 5.20. The van der Waals surface area contributed by atoms with Crippen LogP contribution in [0.2, 0.25) is 0 Å². The van der Waals surface area contributed by atoms with Crippen LogP contribution < -0.4 is 15.2 Å². The lowest BCUT2D eigenvalue weighted by Gasteiger charge is -2.14. The van der Waals surface area contributed by atoms with E-state index >= 15 is 0 Å². The van der Waals surface area contributed by atoms with Crippen molar-refractivity contribution in [2.24, 2.45) is 11.7 Å².